The highest BCUT2D eigenvalue weighted by atomic mass is 15.3. The van der Waals surface area contributed by atoms with Crippen molar-refractivity contribution in [3.05, 3.63) is 261 Å². The summed E-state index contributed by atoms with van der Waals surface area (Å²) in [6, 6.07) is 90.4. The van der Waals surface area contributed by atoms with Crippen LogP contribution in [-0.2, 0) is 0 Å². The molecule has 12 aromatic carbocycles. The number of nitrogens with zero attached hydrogens (tertiary/aromatic N) is 7. The highest BCUT2D eigenvalue weighted by Crippen LogP contribution is 2.45. The summed E-state index contributed by atoms with van der Waals surface area (Å²) in [5.41, 5.74) is 16.7. The van der Waals surface area contributed by atoms with Crippen LogP contribution in [0.25, 0.3) is 148 Å². The van der Waals surface area contributed by atoms with Crippen LogP contribution in [-0.4, -0.2) is 33.3 Å². The predicted molar refractivity (Wildman–Crippen MR) is 319 cm³/mol. The molecule has 5 heterocycles. The molecule has 0 aliphatic heterocycles. The lowest BCUT2D eigenvalue weighted by atomic mass is 9.97. The monoisotopic (exact) mass is 981 g/mol. The van der Waals surface area contributed by atoms with Crippen LogP contribution in [0, 0.1) is 0 Å². The molecule has 0 N–H and O–H groups in total. The van der Waals surface area contributed by atoms with Crippen molar-refractivity contribution < 1.29 is 0 Å². The Morgan fingerprint density at radius 2 is 0.818 bits per heavy atom. The maximum Gasteiger partial charge on any atom is 0.0762 e. The van der Waals surface area contributed by atoms with Gasteiger partial charge in [0.05, 0.1) is 67.9 Å². The van der Waals surface area contributed by atoms with Gasteiger partial charge < -0.3 is 13.7 Å². The SMILES string of the molecule is c1ccc(-n2ncc3c2ccc2c4cc(-c5cccc6c5c5ccc7c(cnn7-c7cccc8ccccc78)c5n6-c5ccc6ccccc6c5)ccc4n(-c4ccc5c(c4)c4ccccc4n5-c4ccccc4)c23)cc1. The van der Waals surface area contributed by atoms with Gasteiger partial charge in [-0.05, 0) is 136 Å². The average Bonchev–Trinajstić information content (AvgIpc) is 4.46. The van der Waals surface area contributed by atoms with Gasteiger partial charge in [-0.15, -0.1) is 0 Å². The van der Waals surface area contributed by atoms with Crippen LogP contribution in [0.3, 0.4) is 0 Å². The molecular weight excluding hydrogens is 939 g/mol. The van der Waals surface area contributed by atoms with Gasteiger partial charge in [-0.25, -0.2) is 9.36 Å². The van der Waals surface area contributed by atoms with E-state index in [0.717, 1.165) is 83.3 Å². The zero-order chi connectivity index (χ0) is 50.3. The third kappa shape index (κ3) is 6.02. The molecule has 7 nitrogen and oxygen atoms in total. The fourth-order valence-electron chi connectivity index (χ4n) is 12.8. The Morgan fingerprint density at radius 3 is 1.66 bits per heavy atom. The lowest BCUT2D eigenvalue weighted by Crippen LogP contribution is -1.97. The molecule has 358 valence electrons. The molecule has 0 saturated carbocycles. The van der Waals surface area contributed by atoms with Gasteiger partial charge in [-0.3, -0.25) is 0 Å². The Kier molecular flexibility index (Phi) is 8.71. The van der Waals surface area contributed by atoms with Gasteiger partial charge in [-0.1, -0.05) is 140 Å². The predicted octanol–water partition coefficient (Wildman–Crippen LogP) is 17.6. The van der Waals surface area contributed by atoms with E-state index in [4.69, 9.17) is 10.2 Å². The molecule has 0 bridgehead atoms. The summed E-state index contributed by atoms with van der Waals surface area (Å²) in [6.45, 7) is 0. The van der Waals surface area contributed by atoms with Gasteiger partial charge in [-0.2, -0.15) is 10.2 Å². The minimum absolute atomic E-state index is 1.02. The minimum atomic E-state index is 1.02. The summed E-state index contributed by atoms with van der Waals surface area (Å²) in [4.78, 5) is 0. The Morgan fingerprint density at radius 1 is 0.260 bits per heavy atom. The van der Waals surface area contributed by atoms with Crippen LogP contribution in [0.2, 0.25) is 0 Å². The number of hydrogen-bond donors (Lipinski definition) is 0. The molecule has 0 spiro atoms. The fourth-order valence-corrected chi connectivity index (χ4v) is 12.8. The van der Waals surface area contributed by atoms with E-state index in [9.17, 15) is 0 Å². The summed E-state index contributed by atoms with van der Waals surface area (Å²) >= 11 is 0. The third-order valence-electron chi connectivity index (χ3n) is 16.2. The van der Waals surface area contributed by atoms with Gasteiger partial charge >= 0.3 is 0 Å². The molecule has 0 fully saturated rings. The zero-order valence-corrected chi connectivity index (χ0v) is 41.5. The molecule has 0 aliphatic rings. The van der Waals surface area contributed by atoms with Gasteiger partial charge in [0.25, 0.3) is 0 Å². The van der Waals surface area contributed by atoms with Crippen molar-refractivity contribution in [2.24, 2.45) is 0 Å². The summed E-state index contributed by atoms with van der Waals surface area (Å²) in [5, 5.41) is 24.3. The van der Waals surface area contributed by atoms with Crippen molar-refractivity contribution in [2.75, 3.05) is 0 Å². The second-order valence-corrected chi connectivity index (χ2v) is 20.3. The van der Waals surface area contributed by atoms with Crippen molar-refractivity contribution in [1.29, 1.82) is 0 Å². The quantitative estimate of drug-likeness (QED) is 0.167. The molecule has 0 aliphatic carbocycles. The van der Waals surface area contributed by atoms with Crippen LogP contribution >= 0.6 is 0 Å². The van der Waals surface area contributed by atoms with E-state index >= 15 is 0 Å². The first kappa shape index (κ1) is 41.9. The summed E-state index contributed by atoms with van der Waals surface area (Å²) in [5.74, 6) is 0. The normalized spacial score (nSPS) is 12.2. The second kappa shape index (κ2) is 16.0. The first-order valence-electron chi connectivity index (χ1n) is 26.2. The number of benzene rings is 12. The maximum absolute atomic E-state index is 5.17. The molecule has 0 saturated heterocycles. The summed E-state index contributed by atoms with van der Waals surface area (Å²) in [7, 11) is 0. The van der Waals surface area contributed by atoms with Crippen molar-refractivity contribution in [3.8, 4) is 39.6 Å². The van der Waals surface area contributed by atoms with Crippen LogP contribution in [0.4, 0.5) is 0 Å². The molecular formula is C70H43N7. The standard InChI is InChI=1S/C70H43N7/c1-3-19-48(20-4-1)73-61-26-12-11-24-54(61)58-41-51(32-36-62(58)73)74-63-35-30-47(40-57(63)55-33-37-65-59(69(55)74)42-71-76(65)49-21-5-2-6-22-49)53-25-14-28-67-68(53)56-34-38-66-60(43-72-77(66)64-27-13-18-45-16-9-10-23-52(45)64)70(56)75(67)50-31-29-44-15-7-8-17-46(44)39-50/h1-43H. The largest absolute Gasteiger partial charge is 0.309 e. The highest BCUT2D eigenvalue weighted by Gasteiger charge is 2.24. The molecule has 17 aromatic rings. The van der Waals surface area contributed by atoms with Crippen LogP contribution in [0.5, 0.6) is 0 Å². The number of aromatic nitrogens is 7. The van der Waals surface area contributed by atoms with Crippen molar-refractivity contribution in [3.63, 3.8) is 0 Å². The number of para-hydroxylation sites is 3. The van der Waals surface area contributed by atoms with Gasteiger partial charge in [0.1, 0.15) is 0 Å². The van der Waals surface area contributed by atoms with E-state index in [-0.39, 0.29) is 0 Å². The van der Waals surface area contributed by atoms with Gasteiger partial charge in [0.15, 0.2) is 0 Å². The number of rotatable bonds is 6. The van der Waals surface area contributed by atoms with Crippen LogP contribution in [0.1, 0.15) is 0 Å². The average molecular weight is 982 g/mol. The van der Waals surface area contributed by atoms with Crippen LogP contribution < -0.4 is 0 Å². The molecule has 17 rings (SSSR count). The van der Waals surface area contributed by atoms with E-state index in [1.165, 1.54) is 65.1 Å². The van der Waals surface area contributed by atoms with E-state index < -0.39 is 0 Å². The molecule has 0 amide bonds. The topological polar surface area (TPSA) is 50.4 Å². The lowest BCUT2D eigenvalue weighted by Gasteiger charge is -2.12. The Hall–Kier alpha value is -10.5. The molecule has 0 atom stereocenters. The van der Waals surface area contributed by atoms with Crippen molar-refractivity contribution in [1.82, 2.24) is 33.3 Å². The molecule has 77 heavy (non-hydrogen) atoms. The Balaban J connectivity index is 0.927. The van der Waals surface area contributed by atoms with E-state index in [1.54, 1.807) is 0 Å². The Labute approximate surface area is 440 Å². The molecule has 0 radical (unpaired) electrons. The van der Waals surface area contributed by atoms with E-state index in [2.05, 4.69) is 278 Å². The first-order valence-corrected chi connectivity index (χ1v) is 26.2. The van der Waals surface area contributed by atoms with Crippen molar-refractivity contribution in [2.45, 2.75) is 0 Å². The minimum Gasteiger partial charge on any atom is -0.309 e. The zero-order valence-electron chi connectivity index (χ0n) is 41.5. The number of hydrogen-bond acceptors (Lipinski definition) is 2. The van der Waals surface area contributed by atoms with E-state index in [1.807, 2.05) is 6.20 Å². The lowest BCUT2D eigenvalue weighted by molar-refractivity contribution is 0.911. The van der Waals surface area contributed by atoms with Gasteiger partial charge in [0, 0.05) is 65.5 Å². The molecule has 0 unspecified atom stereocenters. The van der Waals surface area contributed by atoms with Gasteiger partial charge in [0.2, 0.25) is 0 Å². The number of fused-ring (bicyclic) bond motifs is 15. The Bertz CT molecular complexity index is 5280. The van der Waals surface area contributed by atoms with Crippen molar-refractivity contribution >= 4 is 109 Å². The molecule has 5 aromatic heterocycles. The fraction of sp³-hybridized carbons (Fsp3) is 0. The summed E-state index contributed by atoms with van der Waals surface area (Å²) < 4.78 is 11.5. The first-order chi connectivity index (χ1) is 38.2. The smallest absolute Gasteiger partial charge is 0.0762 e. The highest BCUT2D eigenvalue weighted by molar-refractivity contribution is 6.24. The third-order valence-corrected chi connectivity index (χ3v) is 16.2. The molecule has 7 heteroatoms. The summed E-state index contributed by atoms with van der Waals surface area (Å²) in [6.07, 6.45) is 4.11. The maximum atomic E-state index is 5.17. The van der Waals surface area contributed by atoms with Crippen LogP contribution in [0.15, 0.2) is 261 Å². The van der Waals surface area contributed by atoms with E-state index in [0.29, 0.717) is 0 Å². The second-order valence-electron chi connectivity index (χ2n) is 20.3.